The van der Waals surface area contributed by atoms with Crippen molar-refractivity contribution < 1.29 is 19.8 Å². The summed E-state index contributed by atoms with van der Waals surface area (Å²) < 4.78 is 0. The summed E-state index contributed by atoms with van der Waals surface area (Å²) in [6, 6.07) is 16.7. The minimum Gasteiger partial charge on any atom is -0.481 e. The number of aliphatic hydroxyl groups is 1. The van der Waals surface area contributed by atoms with Gasteiger partial charge in [-0.05, 0) is 11.1 Å². The van der Waals surface area contributed by atoms with Crippen LogP contribution in [0.4, 0.5) is 0 Å². The maximum Gasteiger partial charge on any atom is 0.315 e. The van der Waals surface area contributed by atoms with Gasteiger partial charge in [-0.2, -0.15) is 0 Å². The van der Waals surface area contributed by atoms with Crippen LogP contribution in [-0.4, -0.2) is 22.5 Å². The number of rotatable bonds is 7. The van der Waals surface area contributed by atoms with Crippen molar-refractivity contribution in [2.24, 2.45) is 5.92 Å². The highest BCUT2D eigenvalue weighted by atomic mass is 16.4. The molecule has 1 unspecified atom stereocenters. The third-order valence-corrected chi connectivity index (χ3v) is 3.40. The molecule has 0 saturated carbocycles. The van der Waals surface area contributed by atoms with Crippen molar-refractivity contribution in [2.75, 3.05) is 0 Å². The molecular weight excluding hydrogens is 282 g/mol. The van der Waals surface area contributed by atoms with E-state index in [1.54, 1.807) is 54.6 Å². The molecule has 0 heterocycles. The fraction of sp³-hybridized carbons (Fsp3) is 0.176. The Morgan fingerprint density at radius 3 is 1.91 bits per heavy atom. The van der Waals surface area contributed by atoms with Gasteiger partial charge < -0.3 is 15.0 Å². The van der Waals surface area contributed by atoms with E-state index in [0.717, 1.165) is 0 Å². The summed E-state index contributed by atoms with van der Waals surface area (Å²) in [7, 11) is 0. The molecule has 3 atom stereocenters. The lowest BCUT2D eigenvalue weighted by Crippen LogP contribution is -2.36. The first-order valence-electron chi connectivity index (χ1n) is 6.85. The predicted octanol–water partition coefficient (Wildman–Crippen LogP) is 1.91. The van der Waals surface area contributed by atoms with Crippen LogP contribution in [0.2, 0.25) is 0 Å². The number of carboxylic acids is 1. The van der Waals surface area contributed by atoms with Crippen molar-refractivity contribution >= 4 is 12.3 Å². The van der Waals surface area contributed by atoms with Gasteiger partial charge in [0.2, 0.25) is 0 Å². The summed E-state index contributed by atoms with van der Waals surface area (Å²) in [5.74, 6) is -2.53. The summed E-state index contributed by atoms with van der Waals surface area (Å²) in [6.07, 6.45) is -0.696. The van der Waals surface area contributed by atoms with E-state index >= 15 is 0 Å². The molecule has 3 N–H and O–H groups in total. The average Bonchev–Trinajstić information content (AvgIpc) is 2.55. The predicted molar refractivity (Wildman–Crippen MR) is 80.9 cm³/mol. The van der Waals surface area contributed by atoms with E-state index in [0.29, 0.717) is 17.4 Å². The van der Waals surface area contributed by atoms with Gasteiger partial charge in [-0.3, -0.25) is 10.1 Å². The van der Waals surface area contributed by atoms with Gasteiger partial charge in [-0.25, -0.2) is 0 Å². The molecule has 2 aromatic rings. The molecule has 0 aliphatic carbocycles. The summed E-state index contributed by atoms with van der Waals surface area (Å²) in [5.41, 5.74) is 1.22. The Morgan fingerprint density at radius 2 is 1.45 bits per heavy atom. The van der Waals surface area contributed by atoms with Gasteiger partial charge in [0, 0.05) is 0 Å². The van der Waals surface area contributed by atoms with Crippen molar-refractivity contribution in [3.63, 3.8) is 0 Å². The Kier molecular flexibility index (Phi) is 5.41. The molecule has 0 radical (unpaired) electrons. The number of carbonyl (C=O) groups is 2. The zero-order chi connectivity index (χ0) is 15.9. The van der Waals surface area contributed by atoms with Crippen LogP contribution in [-0.2, 0) is 9.59 Å². The minimum absolute atomic E-state index is 0.380. The summed E-state index contributed by atoms with van der Waals surface area (Å²) in [5, 5.41) is 22.3. The number of nitrogens with one attached hydrogen (secondary N) is 1. The monoisotopic (exact) mass is 299 g/mol. The van der Waals surface area contributed by atoms with Crippen molar-refractivity contribution in [3.8, 4) is 0 Å². The van der Waals surface area contributed by atoms with E-state index in [4.69, 9.17) is 0 Å². The Bertz CT molecular complexity index is 615. The van der Waals surface area contributed by atoms with E-state index in [9.17, 15) is 19.8 Å². The van der Waals surface area contributed by atoms with Crippen molar-refractivity contribution in [1.29, 1.82) is 0 Å². The molecule has 0 spiro atoms. The molecular formula is C17H17NO4. The normalized spacial score (nSPS) is 14.8. The topological polar surface area (TPSA) is 86.6 Å². The maximum atomic E-state index is 11.3. The summed E-state index contributed by atoms with van der Waals surface area (Å²) in [6.45, 7) is 0. The second kappa shape index (κ2) is 7.49. The van der Waals surface area contributed by atoms with E-state index in [1.165, 1.54) is 0 Å². The number of hydrogen-bond donors (Lipinski definition) is 3. The minimum atomic E-state index is -1.29. The smallest absolute Gasteiger partial charge is 0.315 e. The van der Waals surface area contributed by atoms with Gasteiger partial charge in [-0.15, -0.1) is 0 Å². The number of aldehydes is 1. The molecule has 0 aliphatic heterocycles. The van der Waals surface area contributed by atoms with Crippen molar-refractivity contribution in [3.05, 3.63) is 71.8 Å². The third kappa shape index (κ3) is 3.78. The number of aliphatic carboxylic acids is 1. The molecule has 2 rings (SSSR count). The van der Waals surface area contributed by atoms with Gasteiger partial charge in [0.25, 0.3) is 0 Å². The van der Waals surface area contributed by atoms with Gasteiger partial charge in [0.1, 0.15) is 18.4 Å². The molecule has 0 amide bonds. The van der Waals surface area contributed by atoms with Crippen LogP contribution in [0.15, 0.2) is 60.7 Å². The second-order valence-electron chi connectivity index (χ2n) is 4.87. The highest BCUT2D eigenvalue weighted by Crippen LogP contribution is 2.24. The lowest BCUT2D eigenvalue weighted by molar-refractivity contribution is -0.145. The zero-order valence-corrected chi connectivity index (χ0v) is 11.8. The van der Waals surface area contributed by atoms with Crippen LogP contribution in [0.1, 0.15) is 23.4 Å². The number of carbonyl (C=O) groups excluding carboxylic acids is 1. The van der Waals surface area contributed by atoms with Crippen molar-refractivity contribution in [1.82, 2.24) is 5.32 Å². The first-order chi connectivity index (χ1) is 10.6. The lowest BCUT2D eigenvalue weighted by atomic mass is 9.93. The Balaban J connectivity index is 2.29. The number of hydrogen-bond acceptors (Lipinski definition) is 4. The average molecular weight is 299 g/mol. The second-order valence-corrected chi connectivity index (χ2v) is 4.87. The summed E-state index contributed by atoms with van der Waals surface area (Å²) in [4.78, 5) is 22.5. The van der Waals surface area contributed by atoms with Crippen LogP contribution in [0.3, 0.4) is 0 Å². The Morgan fingerprint density at radius 1 is 0.955 bits per heavy atom. The highest BCUT2D eigenvalue weighted by Gasteiger charge is 2.30. The fourth-order valence-corrected chi connectivity index (χ4v) is 2.25. The van der Waals surface area contributed by atoms with Crippen LogP contribution < -0.4 is 5.32 Å². The Hall–Kier alpha value is -2.50. The maximum absolute atomic E-state index is 11.3. The van der Waals surface area contributed by atoms with Crippen LogP contribution in [0.5, 0.6) is 0 Å². The molecule has 0 bridgehead atoms. The number of aliphatic hydroxyl groups excluding tert-OH is 1. The molecule has 0 aliphatic rings. The highest BCUT2D eigenvalue weighted by molar-refractivity contribution is 5.87. The SMILES string of the molecule is O=C[C@@H](C(=O)O)[C@@H](NC(O)c1ccccc1)c1ccccc1. The molecule has 0 fully saturated rings. The van der Waals surface area contributed by atoms with Gasteiger partial charge in [0.05, 0.1) is 6.04 Å². The van der Waals surface area contributed by atoms with Crippen LogP contribution in [0.25, 0.3) is 0 Å². The summed E-state index contributed by atoms with van der Waals surface area (Å²) >= 11 is 0. The van der Waals surface area contributed by atoms with Crippen molar-refractivity contribution in [2.45, 2.75) is 12.3 Å². The molecule has 5 heteroatoms. The molecule has 2 aromatic carbocycles. The number of benzene rings is 2. The molecule has 5 nitrogen and oxygen atoms in total. The largest absolute Gasteiger partial charge is 0.481 e. The number of carboxylic acid groups (broad SMARTS) is 1. The van der Waals surface area contributed by atoms with E-state index in [-0.39, 0.29) is 0 Å². The zero-order valence-electron chi connectivity index (χ0n) is 11.8. The first kappa shape index (κ1) is 15.9. The first-order valence-corrected chi connectivity index (χ1v) is 6.85. The van der Waals surface area contributed by atoms with Gasteiger partial charge in [0.15, 0.2) is 0 Å². The van der Waals surface area contributed by atoms with E-state index < -0.39 is 24.2 Å². The van der Waals surface area contributed by atoms with E-state index in [1.807, 2.05) is 6.07 Å². The third-order valence-electron chi connectivity index (χ3n) is 3.40. The Labute approximate surface area is 128 Å². The quantitative estimate of drug-likeness (QED) is 0.413. The van der Waals surface area contributed by atoms with Crippen LogP contribution >= 0.6 is 0 Å². The molecule has 0 saturated heterocycles. The van der Waals surface area contributed by atoms with Gasteiger partial charge in [-0.1, -0.05) is 60.7 Å². The molecule has 22 heavy (non-hydrogen) atoms. The van der Waals surface area contributed by atoms with Crippen LogP contribution in [0, 0.1) is 5.92 Å². The molecule has 114 valence electrons. The standard InChI is InChI=1S/C17H17NO4/c19-11-14(17(21)22)15(12-7-3-1-4-8-12)18-16(20)13-9-5-2-6-10-13/h1-11,14-16,18,20H,(H,21,22)/t14-,15+,16?/m1/s1. The van der Waals surface area contributed by atoms with E-state index in [2.05, 4.69) is 5.32 Å². The lowest BCUT2D eigenvalue weighted by Gasteiger charge is -2.25. The fourth-order valence-electron chi connectivity index (χ4n) is 2.25. The van der Waals surface area contributed by atoms with Gasteiger partial charge >= 0.3 is 5.97 Å². The molecule has 0 aromatic heterocycles.